The lowest BCUT2D eigenvalue weighted by Gasteiger charge is -2.39. The van der Waals surface area contributed by atoms with Gasteiger partial charge in [0, 0.05) is 6.42 Å². The molecule has 0 aromatic heterocycles. The van der Waals surface area contributed by atoms with Crippen LogP contribution in [0, 0.1) is 11.3 Å². The smallest absolute Gasteiger partial charge is 0.308 e. The van der Waals surface area contributed by atoms with Gasteiger partial charge in [-0.2, -0.15) is 5.26 Å². The summed E-state index contributed by atoms with van der Waals surface area (Å²) < 4.78 is 16.4. The van der Waals surface area contributed by atoms with Crippen molar-refractivity contribution in [2.75, 3.05) is 0 Å². The molecule has 0 spiro atoms. The second-order valence-corrected chi connectivity index (χ2v) is 5.22. The van der Waals surface area contributed by atoms with E-state index in [4.69, 9.17) is 19.5 Å². The van der Waals surface area contributed by atoms with Crippen molar-refractivity contribution < 1.29 is 19.0 Å². The number of carbonyl (C=O) groups is 1. The summed E-state index contributed by atoms with van der Waals surface area (Å²) in [5.41, 5.74) is 0. The van der Waals surface area contributed by atoms with Gasteiger partial charge in [-0.15, -0.1) is 0 Å². The Morgan fingerprint density at radius 3 is 2.61 bits per heavy atom. The largest absolute Gasteiger partial charge is 0.463 e. The number of hydrogen-bond donors (Lipinski definition) is 0. The van der Waals surface area contributed by atoms with E-state index in [1.54, 1.807) is 13.8 Å². The van der Waals surface area contributed by atoms with Crippen molar-refractivity contribution in [2.45, 2.75) is 71.1 Å². The maximum atomic E-state index is 11.6. The first kappa shape index (κ1) is 14.9. The van der Waals surface area contributed by atoms with Gasteiger partial charge in [0.1, 0.15) is 0 Å². The summed E-state index contributed by atoms with van der Waals surface area (Å²) in [6, 6.07) is 2.08. The van der Waals surface area contributed by atoms with Crippen LogP contribution in [0.2, 0.25) is 0 Å². The Morgan fingerprint density at radius 2 is 2.06 bits per heavy atom. The Kier molecular flexibility index (Phi) is 5.12. The van der Waals surface area contributed by atoms with Gasteiger partial charge >= 0.3 is 5.97 Å². The van der Waals surface area contributed by atoms with Crippen LogP contribution in [-0.2, 0) is 19.0 Å². The minimum atomic E-state index is -0.761. The predicted octanol–water partition coefficient (Wildman–Crippen LogP) is 2.15. The van der Waals surface area contributed by atoms with Crippen molar-refractivity contribution in [2.24, 2.45) is 0 Å². The molecule has 5 heteroatoms. The van der Waals surface area contributed by atoms with E-state index in [0.29, 0.717) is 12.8 Å². The van der Waals surface area contributed by atoms with Crippen molar-refractivity contribution in [1.29, 1.82) is 5.26 Å². The molecule has 0 aliphatic carbocycles. The van der Waals surface area contributed by atoms with E-state index >= 15 is 0 Å². The standard InChI is InChI=1S/C13H21NO4/c1-9(2)16-12(15)8-11-7-10(5-6-14)17-13(3,4)18-11/h9-11H,5,7-8H2,1-4H3. The molecule has 1 saturated heterocycles. The van der Waals surface area contributed by atoms with E-state index in [1.807, 2.05) is 13.8 Å². The number of rotatable bonds is 4. The van der Waals surface area contributed by atoms with Crippen molar-refractivity contribution in [3.8, 4) is 6.07 Å². The molecule has 1 aliphatic heterocycles. The SMILES string of the molecule is CC(C)OC(=O)CC1CC(CC#N)OC(C)(C)O1. The van der Waals surface area contributed by atoms with E-state index in [-0.39, 0.29) is 30.7 Å². The lowest BCUT2D eigenvalue weighted by atomic mass is 10.0. The highest BCUT2D eigenvalue weighted by molar-refractivity contribution is 5.70. The summed E-state index contributed by atoms with van der Waals surface area (Å²) in [4.78, 5) is 11.6. The van der Waals surface area contributed by atoms with Crippen LogP contribution in [0.1, 0.15) is 47.0 Å². The Labute approximate surface area is 108 Å². The molecule has 0 N–H and O–H groups in total. The molecule has 1 rings (SSSR count). The first-order valence-electron chi connectivity index (χ1n) is 6.24. The number of nitriles is 1. The number of hydrogen-bond acceptors (Lipinski definition) is 5. The third kappa shape index (κ3) is 5.03. The molecular weight excluding hydrogens is 234 g/mol. The van der Waals surface area contributed by atoms with Gasteiger partial charge in [0.2, 0.25) is 0 Å². The van der Waals surface area contributed by atoms with Gasteiger partial charge in [-0.3, -0.25) is 4.79 Å². The predicted molar refractivity (Wildman–Crippen MR) is 64.5 cm³/mol. The molecule has 102 valence electrons. The average Bonchev–Trinajstić information content (AvgIpc) is 2.12. The van der Waals surface area contributed by atoms with Gasteiger partial charge in [-0.05, 0) is 27.7 Å². The Balaban J connectivity index is 2.54. The summed E-state index contributed by atoms with van der Waals surface area (Å²) in [6.45, 7) is 7.20. The van der Waals surface area contributed by atoms with E-state index in [9.17, 15) is 4.79 Å². The zero-order valence-electron chi connectivity index (χ0n) is 11.4. The summed E-state index contributed by atoms with van der Waals surface area (Å²) >= 11 is 0. The second-order valence-electron chi connectivity index (χ2n) is 5.22. The summed E-state index contributed by atoms with van der Waals surface area (Å²) in [7, 11) is 0. The molecule has 0 aromatic rings. The molecule has 5 nitrogen and oxygen atoms in total. The van der Waals surface area contributed by atoms with Crippen LogP contribution >= 0.6 is 0 Å². The third-order valence-electron chi connectivity index (χ3n) is 2.51. The fourth-order valence-electron chi connectivity index (χ4n) is 2.07. The highest BCUT2D eigenvalue weighted by Gasteiger charge is 2.36. The highest BCUT2D eigenvalue weighted by Crippen LogP contribution is 2.29. The van der Waals surface area contributed by atoms with Crippen molar-refractivity contribution in [3.05, 3.63) is 0 Å². The topological polar surface area (TPSA) is 68.6 Å². The monoisotopic (exact) mass is 255 g/mol. The van der Waals surface area contributed by atoms with Gasteiger partial charge in [-0.1, -0.05) is 0 Å². The van der Waals surface area contributed by atoms with Gasteiger partial charge in [0.25, 0.3) is 0 Å². The van der Waals surface area contributed by atoms with Gasteiger partial charge in [0.05, 0.1) is 37.2 Å². The maximum Gasteiger partial charge on any atom is 0.308 e. The second kappa shape index (κ2) is 6.17. The van der Waals surface area contributed by atoms with Gasteiger partial charge in [0.15, 0.2) is 5.79 Å². The van der Waals surface area contributed by atoms with E-state index < -0.39 is 5.79 Å². The van der Waals surface area contributed by atoms with Crippen molar-refractivity contribution in [3.63, 3.8) is 0 Å². The third-order valence-corrected chi connectivity index (χ3v) is 2.51. The fourth-order valence-corrected chi connectivity index (χ4v) is 2.07. The molecule has 1 aliphatic rings. The molecule has 2 unspecified atom stereocenters. The minimum absolute atomic E-state index is 0.125. The zero-order valence-corrected chi connectivity index (χ0v) is 11.4. The fraction of sp³-hybridized carbons (Fsp3) is 0.846. The van der Waals surface area contributed by atoms with Crippen LogP contribution in [0.4, 0.5) is 0 Å². The van der Waals surface area contributed by atoms with E-state index in [2.05, 4.69) is 6.07 Å². The van der Waals surface area contributed by atoms with Crippen molar-refractivity contribution in [1.82, 2.24) is 0 Å². The molecule has 0 amide bonds. The lowest BCUT2D eigenvalue weighted by Crippen LogP contribution is -2.45. The Bertz CT molecular complexity index is 332. The van der Waals surface area contributed by atoms with Crippen LogP contribution < -0.4 is 0 Å². The summed E-state index contributed by atoms with van der Waals surface area (Å²) in [5, 5.41) is 8.71. The molecule has 2 atom stereocenters. The van der Waals surface area contributed by atoms with Crippen molar-refractivity contribution >= 4 is 5.97 Å². The molecular formula is C13H21NO4. The number of nitrogens with zero attached hydrogens (tertiary/aromatic N) is 1. The molecule has 18 heavy (non-hydrogen) atoms. The Hall–Kier alpha value is -1.12. The first-order valence-corrected chi connectivity index (χ1v) is 6.24. The number of esters is 1. The first-order chi connectivity index (χ1) is 8.32. The molecule has 0 radical (unpaired) electrons. The van der Waals surface area contributed by atoms with Crippen LogP contribution in [0.25, 0.3) is 0 Å². The van der Waals surface area contributed by atoms with Crippen LogP contribution in [0.5, 0.6) is 0 Å². The lowest BCUT2D eigenvalue weighted by molar-refractivity contribution is -0.298. The normalized spacial score (nSPS) is 26.7. The molecule has 0 saturated carbocycles. The minimum Gasteiger partial charge on any atom is -0.463 e. The van der Waals surface area contributed by atoms with Gasteiger partial charge < -0.3 is 14.2 Å². The maximum absolute atomic E-state index is 11.6. The van der Waals surface area contributed by atoms with E-state index in [1.165, 1.54) is 0 Å². The number of carbonyl (C=O) groups excluding carboxylic acids is 1. The van der Waals surface area contributed by atoms with Gasteiger partial charge in [-0.25, -0.2) is 0 Å². The number of ether oxygens (including phenoxy) is 3. The quantitative estimate of drug-likeness (QED) is 0.720. The molecule has 0 aromatic carbocycles. The Morgan fingerprint density at radius 1 is 1.44 bits per heavy atom. The zero-order chi connectivity index (χ0) is 13.8. The van der Waals surface area contributed by atoms with E-state index in [0.717, 1.165) is 0 Å². The average molecular weight is 255 g/mol. The highest BCUT2D eigenvalue weighted by atomic mass is 16.7. The molecule has 1 fully saturated rings. The molecule has 1 heterocycles. The van der Waals surface area contributed by atoms with Crippen LogP contribution in [-0.4, -0.2) is 30.1 Å². The summed E-state index contributed by atoms with van der Waals surface area (Å²) in [6.07, 6.45) is 0.494. The summed E-state index contributed by atoms with van der Waals surface area (Å²) in [5.74, 6) is -1.04. The molecule has 0 bridgehead atoms. The van der Waals surface area contributed by atoms with Crippen LogP contribution in [0.3, 0.4) is 0 Å². The van der Waals surface area contributed by atoms with Crippen LogP contribution in [0.15, 0.2) is 0 Å².